The van der Waals surface area contributed by atoms with Crippen LogP contribution in [0, 0.1) is 0 Å². The normalized spacial score (nSPS) is 18.5. The van der Waals surface area contributed by atoms with Crippen molar-refractivity contribution in [3.8, 4) is 11.4 Å². The molecule has 2 heterocycles. The number of ether oxygens (including phenoxy) is 2. The molecule has 1 aromatic carbocycles. The first-order valence-electron chi connectivity index (χ1n) is 10.4. The lowest BCUT2D eigenvalue weighted by Crippen LogP contribution is -2.48. The minimum Gasteiger partial charge on any atom is -0.490 e. The first-order chi connectivity index (χ1) is 14.5. The Balaban J connectivity index is 1.71. The summed E-state index contributed by atoms with van der Waals surface area (Å²) in [5.74, 6) is -0.548. The second-order valence-electron chi connectivity index (χ2n) is 9.10. The Morgan fingerprint density at radius 2 is 1.77 bits per heavy atom. The topological polar surface area (TPSA) is 103 Å². The maximum atomic E-state index is 13.2. The number of hydrogen-bond donors (Lipinski definition) is 1. The van der Waals surface area contributed by atoms with Gasteiger partial charge in [0, 0.05) is 6.54 Å². The summed E-state index contributed by atoms with van der Waals surface area (Å²) in [7, 11) is 0. The SMILES string of the molecule is C[C@H]1Cn2c(c(C(=O)O)n(-c3ccc(OC4CC4)cc3)c2=O)CN1C(=O)OC(C)(C)C. The van der Waals surface area contributed by atoms with Crippen molar-refractivity contribution in [2.75, 3.05) is 0 Å². The number of carboxylic acid groups (broad SMARTS) is 1. The van der Waals surface area contributed by atoms with Crippen molar-refractivity contribution < 1.29 is 24.2 Å². The van der Waals surface area contributed by atoms with Gasteiger partial charge in [-0.15, -0.1) is 0 Å². The van der Waals surface area contributed by atoms with Crippen molar-refractivity contribution in [3.63, 3.8) is 0 Å². The molecular formula is C22H27N3O6. The number of rotatable bonds is 4. The van der Waals surface area contributed by atoms with Crippen LogP contribution in [-0.2, 0) is 17.8 Å². The fraction of sp³-hybridized carbons (Fsp3) is 0.500. The second-order valence-corrected chi connectivity index (χ2v) is 9.10. The molecule has 1 aliphatic heterocycles. The third kappa shape index (κ3) is 4.17. The molecule has 0 radical (unpaired) electrons. The van der Waals surface area contributed by atoms with Gasteiger partial charge in [-0.25, -0.2) is 14.4 Å². The molecule has 1 aliphatic carbocycles. The van der Waals surface area contributed by atoms with E-state index in [0.717, 1.165) is 12.8 Å². The van der Waals surface area contributed by atoms with Crippen LogP contribution < -0.4 is 10.4 Å². The zero-order valence-electron chi connectivity index (χ0n) is 18.1. The van der Waals surface area contributed by atoms with E-state index in [9.17, 15) is 19.5 Å². The number of amides is 1. The predicted octanol–water partition coefficient (Wildman–Crippen LogP) is 3.02. The van der Waals surface area contributed by atoms with Crippen molar-refractivity contribution in [1.82, 2.24) is 14.0 Å². The first kappa shape index (κ1) is 21.0. The number of fused-ring (bicyclic) bond motifs is 1. The van der Waals surface area contributed by atoms with E-state index in [2.05, 4.69) is 0 Å². The van der Waals surface area contributed by atoms with E-state index in [0.29, 0.717) is 11.4 Å². The second kappa shape index (κ2) is 7.47. The van der Waals surface area contributed by atoms with Crippen LogP contribution in [0.25, 0.3) is 5.69 Å². The molecule has 1 aromatic heterocycles. The van der Waals surface area contributed by atoms with Gasteiger partial charge >= 0.3 is 17.8 Å². The average molecular weight is 429 g/mol. The summed E-state index contributed by atoms with van der Waals surface area (Å²) in [5.41, 5.74) is -0.566. The number of aromatic nitrogens is 2. The average Bonchev–Trinajstić information content (AvgIpc) is 3.44. The highest BCUT2D eigenvalue weighted by molar-refractivity contribution is 5.88. The van der Waals surface area contributed by atoms with E-state index in [4.69, 9.17) is 9.47 Å². The Kier molecular flexibility index (Phi) is 5.07. The monoisotopic (exact) mass is 429 g/mol. The number of imidazole rings is 1. The maximum Gasteiger partial charge on any atom is 0.410 e. The molecule has 0 bridgehead atoms. The summed E-state index contributed by atoms with van der Waals surface area (Å²) >= 11 is 0. The van der Waals surface area contributed by atoms with E-state index in [-0.39, 0.29) is 36.6 Å². The van der Waals surface area contributed by atoms with Gasteiger partial charge in [0.15, 0.2) is 5.69 Å². The van der Waals surface area contributed by atoms with Gasteiger partial charge in [0.25, 0.3) is 0 Å². The quantitative estimate of drug-likeness (QED) is 0.801. The van der Waals surface area contributed by atoms with Crippen molar-refractivity contribution in [2.45, 2.75) is 71.4 Å². The summed E-state index contributed by atoms with van der Waals surface area (Å²) in [5, 5.41) is 9.92. The smallest absolute Gasteiger partial charge is 0.410 e. The molecular weight excluding hydrogens is 402 g/mol. The highest BCUT2D eigenvalue weighted by atomic mass is 16.6. The van der Waals surface area contributed by atoms with Crippen molar-refractivity contribution in [1.29, 1.82) is 0 Å². The standard InChI is InChI=1S/C22H27N3O6/c1-13-11-24-17(12-23(13)21(29)31-22(2,3)4)18(19(26)27)25(20(24)28)14-5-7-15(8-6-14)30-16-9-10-16/h5-8,13,16H,9-12H2,1-4H3,(H,26,27)/t13-/m0/s1. The number of carboxylic acids is 1. The molecule has 0 saturated heterocycles. The molecule has 9 heteroatoms. The molecule has 1 amide bonds. The van der Waals surface area contributed by atoms with Crippen LogP contribution in [0.2, 0.25) is 0 Å². The molecule has 31 heavy (non-hydrogen) atoms. The van der Waals surface area contributed by atoms with Crippen LogP contribution in [0.4, 0.5) is 4.79 Å². The summed E-state index contributed by atoms with van der Waals surface area (Å²) in [6, 6.07) is 6.49. The Morgan fingerprint density at radius 1 is 1.13 bits per heavy atom. The van der Waals surface area contributed by atoms with Gasteiger partial charge in [-0.05, 0) is 64.8 Å². The minimum atomic E-state index is -1.23. The van der Waals surface area contributed by atoms with Crippen molar-refractivity contribution >= 4 is 12.1 Å². The van der Waals surface area contributed by atoms with Gasteiger partial charge in [0.1, 0.15) is 11.4 Å². The molecule has 1 fully saturated rings. The van der Waals surface area contributed by atoms with E-state index in [1.165, 1.54) is 14.0 Å². The number of hydrogen-bond acceptors (Lipinski definition) is 5. The van der Waals surface area contributed by atoms with Crippen LogP contribution in [0.3, 0.4) is 0 Å². The zero-order chi connectivity index (χ0) is 22.5. The van der Waals surface area contributed by atoms with Gasteiger partial charge in [-0.1, -0.05) is 0 Å². The third-order valence-electron chi connectivity index (χ3n) is 5.30. The number of carbonyl (C=O) groups excluding carboxylic acids is 1. The van der Waals surface area contributed by atoms with Gasteiger partial charge in [-0.3, -0.25) is 14.0 Å². The first-order valence-corrected chi connectivity index (χ1v) is 10.4. The molecule has 1 saturated carbocycles. The maximum absolute atomic E-state index is 13.2. The number of nitrogens with zero attached hydrogens (tertiary/aromatic N) is 3. The summed E-state index contributed by atoms with van der Waals surface area (Å²) < 4.78 is 13.8. The highest BCUT2D eigenvalue weighted by Gasteiger charge is 2.36. The largest absolute Gasteiger partial charge is 0.490 e. The Morgan fingerprint density at radius 3 is 2.32 bits per heavy atom. The zero-order valence-corrected chi connectivity index (χ0v) is 18.1. The van der Waals surface area contributed by atoms with Crippen LogP contribution in [0.5, 0.6) is 5.75 Å². The molecule has 2 aliphatic rings. The van der Waals surface area contributed by atoms with E-state index in [1.807, 2.05) is 0 Å². The Hall–Kier alpha value is -3.23. The predicted molar refractivity (Wildman–Crippen MR) is 112 cm³/mol. The molecule has 166 valence electrons. The van der Waals surface area contributed by atoms with E-state index < -0.39 is 23.4 Å². The third-order valence-corrected chi connectivity index (χ3v) is 5.30. The molecule has 1 atom stereocenters. The van der Waals surface area contributed by atoms with Gasteiger partial charge in [0.2, 0.25) is 0 Å². The molecule has 1 N–H and O–H groups in total. The molecule has 4 rings (SSSR count). The molecule has 0 spiro atoms. The summed E-state index contributed by atoms with van der Waals surface area (Å²) in [4.78, 5) is 39.4. The lowest BCUT2D eigenvalue weighted by molar-refractivity contribution is 0.00937. The lowest BCUT2D eigenvalue weighted by Gasteiger charge is -2.35. The fourth-order valence-electron chi connectivity index (χ4n) is 3.69. The fourth-order valence-corrected chi connectivity index (χ4v) is 3.69. The van der Waals surface area contributed by atoms with Crippen molar-refractivity contribution in [2.24, 2.45) is 0 Å². The number of carbonyl (C=O) groups is 2. The summed E-state index contributed by atoms with van der Waals surface area (Å²) in [6.07, 6.45) is 1.76. The van der Waals surface area contributed by atoms with Crippen molar-refractivity contribution in [3.05, 3.63) is 46.1 Å². The van der Waals surface area contributed by atoms with Gasteiger partial charge in [-0.2, -0.15) is 0 Å². The Bertz CT molecular complexity index is 1070. The Labute approximate surface area is 179 Å². The number of aromatic carboxylic acids is 1. The van der Waals surface area contributed by atoms with Crippen LogP contribution in [-0.4, -0.2) is 49.0 Å². The summed E-state index contributed by atoms with van der Waals surface area (Å²) in [6.45, 7) is 7.27. The van der Waals surface area contributed by atoms with Gasteiger partial charge in [0.05, 0.1) is 30.1 Å². The minimum absolute atomic E-state index is 0.0250. The van der Waals surface area contributed by atoms with Crippen LogP contribution >= 0.6 is 0 Å². The van der Waals surface area contributed by atoms with E-state index in [1.54, 1.807) is 52.0 Å². The van der Waals surface area contributed by atoms with Crippen LogP contribution in [0.1, 0.15) is 56.7 Å². The highest BCUT2D eigenvalue weighted by Crippen LogP contribution is 2.28. The molecule has 0 unspecified atom stereocenters. The lowest BCUT2D eigenvalue weighted by atomic mass is 10.1. The van der Waals surface area contributed by atoms with E-state index >= 15 is 0 Å². The molecule has 2 aromatic rings. The van der Waals surface area contributed by atoms with Gasteiger partial charge < -0.3 is 14.6 Å². The molecule has 9 nitrogen and oxygen atoms in total. The number of benzene rings is 1. The van der Waals surface area contributed by atoms with Crippen LogP contribution in [0.15, 0.2) is 29.1 Å².